The van der Waals surface area contributed by atoms with Crippen LogP contribution in [0.2, 0.25) is 0 Å². The molecule has 0 unspecified atom stereocenters. The highest BCUT2D eigenvalue weighted by Gasteiger charge is 2.24. The molecule has 0 nitrogen and oxygen atoms in total. The molecular weight excluding hydrogens is 350 g/mol. The highest BCUT2D eigenvalue weighted by Crippen LogP contribution is 2.38. The molecule has 152 valence electrons. The fourth-order valence-corrected chi connectivity index (χ4v) is 4.98. The number of halogens is 2. The van der Waals surface area contributed by atoms with Gasteiger partial charge in [-0.1, -0.05) is 31.3 Å². The molecule has 0 aromatic heterocycles. The Balaban J connectivity index is 1.62. The second-order valence-electron chi connectivity index (χ2n) is 8.84. The van der Waals surface area contributed by atoms with Crippen LogP contribution >= 0.6 is 0 Å². The predicted octanol–water partition coefficient (Wildman–Crippen LogP) is 7.77. The molecule has 0 atom stereocenters. The molecule has 0 heterocycles. The quantitative estimate of drug-likeness (QED) is 0.359. The zero-order valence-electron chi connectivity index (χ0n) is 17.3. The Morgan fingerprint density at radius 1 is 0.964 bits per heavy atom. The lowest BCUT2D eigenvalue weighted by Gasteiger charge is -2.28. The molecule has 2 heteroatoms. The maximum absolute atomic E-state index is 14.6. The van der Waals surface area contributed by atoms with Gasteiger partial charge >= 0.3 is 0 Å². The summed E-state index contributed by atoms with van der Waals surface area (Å²) in [7, 11) is 0. The van der Waals surface area contributed by atoms with Crippen molar-refractivity contribution >= 4 is 0 Å². The van der Waals surface area contributed by atoms with Crippen LogP contribution in [0.25, 0.3) is 0 Å². The molecule has 28 heavy (non-hydrogen) atoms. The van der Waals surface area contributed by atoms with Crippen molar-refractivity contribution in [1.29, 1.82) is 0 Å². The van der Waals surface area contributed by atoms with Gasteiger partial charge in [-0.15, -0.1) is 6.58 Å². The Morgan fingerprint density at radius 2 is 1.57 bits per heavy atom. The van der Waals surface area contributed by atoms with E-state index in [9.17, 15) is 8.78 Å². The van der Waals surface area contributed by atoms with Gasteiger partial charge in [-0.25, -0.2) is 8.78 Å². The summed E-state index contributed by atoms with van der Waals surface area (Å²) in [5.74, 6) is 7.10. The average molecular weight is 385 g/mol. The summed E-state index contributed by atoms with van der Waals surface area (Å²) < 4.78 is 29.3. The second-order valence-corrected chi connectivity index (χ2v) is 8.84. The molecule has 2 aliphatic carbocycles. The van der Waals surface area contributed by atoms with Gasteiger partial charge in [-0.2, -0.15) is 0 Å². The molecule has 3 rings (SSSR count). The van der Waals surface area contributed by atoms with Gasteiger partial charge in [0.15, 0.2) is 0 Å². The lowest BCUT2D eigenvalue weighted by Crippen LogP contribution is -2.14. The van der Waals surface area contributed by atoms with Gasteiger partial charge in [-0.05, 0) is 99.7 Å². The van der Waals surface area contributed by atoms with Crippen molar-refractivity contribution in [2.24, 2.45) is 17.8 Å². The molecule has 2 saturated carbocycles. The van der Waals surface area contributed by atoms with Crippen LogP contribution in [0, 0.1) is 41.2 Å². The molecule has 2 aliphatic rings. The first-order chi connectivity index (χ1) is 13.6. The fraction of sp³-hybridized carbons (Fsp3) is 0.615. The third-order valence-electron chi connectivity index (χ3n) is 6.99. The number of hydrogen-bond donors (Lipinski definition) is 0. The van der Waals surface area contributed by atoms with E-state index in [1.54, 1.807) is 0 Å². The van der Waals surface area contributed by atoms with Crippen molar-refractivity contribution in [3.8, 4) is 11.8 Å². The van der Waals surface area contributed by atoms with Crippen molar-refractivity contribution in [2.75, 3.05) is 0 Å². The monoisotopic (exact) mass is 384 g/mol. The van der Waals surface area contributed by atoms with Gasteiger partial charge in [0, 0.05) is 5.92 Å². The van der Waals surface area contributed by atoms with Crippen molar-refractivity contribution in [2.45, 2.75) is 83.5 Å². The maximum Gasteiger partial charge on any atom is 0.142 e. The maximum atomic E-state index is 14.6. The fourth-order valence-electron chi connectivity index (χ4n) is 4.98. The lowest BCUT2D eigenvalue weighted by molar-refractivity contribution is 0.309. The van der Waals surface area contributed by atoms with Gasteiger partial charge in [0.05, 0.1) is 5.56 Å². The highest BCUT2D eigenvalue weighted by atomic mass is 19.1. The van der Waals surface area contributed by atoms with E-state index in [0.717, 1.165) is 62.3 Å². The van der Waals surface area contributed by atoms with E-state index >= 15 is 0 Å². The molecule has 1 aromatic carbocycles. The first-order valence-electron chi connectivity index (χ1n) is 11.2. The summed E-state index contributed by atoms with van der Waals surface area (Å²) in [4.78, 5) is 0. The van der Waals surface area contributed by atoms with Crippen LogP contribution in [-0.4, -0.2) is 0 Å². The van der Waals surface area contributed by atoms with Crippen LogP contribution in [-0.2, 0) is 0 Å². The SMILES string of the molecule is C=CCCC1CCC(c2cc(F)c(C#CC3CCC(CC)CC3)c(F)c2)CC1. The Bertz CT molecular complexity index is 685. The normalized spacial score (nSPS) is 27.7. The van der Waals surface area contributed by atoms with Crippen LogP contribution in [0.15, 0.2) is 24.8 Å². The molecule has 0 bridgehead atoms. The zero-order chi connectivity index (χ0) is 19.9. The number of hydrogen-bond acceptors (Lipinski definition) is 0. The molecule has 0 saturated heterocycles. The molecule has 0 N–H and O–H groups in total. The van der Waals surface area contributed by atoms with E-state index in [1.165, 1.54) is 37.8 Å². The van der Waals surface area contributed by atoms with Crippen molar-refractivity contribution < 1.29 is 8.78 Å². The Kier molecular flexibility index (Phi) is 7.72. The third kappa shape index (κ3) is 5.47. The topological polar surface area (TPSA) is 0 Å². The summed E-state index contributed by atoms with van der Waals surface area (Å²) in [5.41, 5.74) is 0.771. The van der Waals surface area contributed by atoms with E-state index in [4.69, 9.17) is 0 Å². The first-order valence-corrected chi connectivity index (χ1v) is 11.2. The van der Waals surface area contributed by atoms with Crippen LogP contribution in [0.5, 0.6) is 0 Å². The van der Waals surface area contributed by atoms with Crippen molar-refractivity contribution in [3.63, 3.8) is 0 Å². The Labute approximate surface area is 169 Å². The molecule has 0 amide bonds. The minimum atomic E-state index is -0.487. The van der Waals surface area contributed by atoms with Crippen LogP contribution in [0.4, 0.5) is 8.78 Å². The van der Waals surface area contributed by atoms with Gasteiger partial charge in [0.2, 0.25) is 0 Å². The first kappa shape index (κ1) is 21.1. The molecule has 0 radical (unpaired) electrons. The standard InChI is InChI=1S/C26H34F2/c1-3-5-6-20-11-14-22(15-12-20)23-17-25(27)24(26(28)18-23)16-13-21-9-7-19(4-2)8-10-21/h3,17-22H,1,4-12,14-15H2,2H3. The summed E-state index contributed by atoms with van der Waals surface area (Å²) in [6, 6.07) is 3.08. The molecule has 0 aliphatic heterocycles. The van der Waals surface area contributed by atoms with Crippen LogP contribution < -0.4 is 0 Å². The third-order valence-corrected chi connectivity index (χ3v) is 6.99. The highest BCUT2D eigenvalue weighted by molar-refractivity contribution is 5.40. The molecule has 2 fully saturated rings. The second kappa shape index (κ2) is 10.2. The Hall–Kier alpha value is -1.62. The number of allylic oxidation sites excluding steroid dienone is 1. The largest absolute Gasteiger partial charge is 0.206 e. The minimum Gasteiger partial charge on any atom is -0.206 e. The summed E-state index contributed by atoms with van der Waals surface area (Å²) in [6.45, 7) is 6.03. The number of rotatable bonds is 5. The Morgan fingerprint density at radius 3 is 2.14 bits per heavy atom. The zero-order valence-corrected chi connectivity index (χ0v) is 17.3. The van der Waals surface area contributed by atoms with E-state index in [2.05, 4.69) is 25.3 Å². The van der Waals surface area contributed by atoms with Gasteiger partial charge in [0.1, 0.15) is 11.6 Å². The average Bonchev–Trinajstić information content (AvgIpc) is 2.72. The molecule has 0 spiro atoms. The van der Waals surface area contributed by atoms with Gasteiger partial charge < -0.3 is 0 Å². The van der Waals surface area contributed by atoms with Crippen LogP contribution in [0.1, 0.15) is 94.6 Å². The molecule has 1 aromatic rings. The minimum absolute atomic E-state index is 0.0407. The van der Waals surface area contributed by atoms with E-state index in [-0.39, 0.29) is 17.4 Å². The van der Waals surface area contributed by atoms with Crippen LogP contribution in [0.3, 0.4) is 0 Å². The van der Waals surface area contributed by atoms with Gasteiger partial charge in [0.25, 0.3) is 0 Å². The van der Waals surface area contributed by atoms with E-state index in [0.29, 0.717) is 0 Å². The van der Waals surface area contributed by atoms with E-state index < -0.39 is 11.6 Å². The summed E-state index contributed by atoms with van der Waals surface area (Å²) in [5, 5.41) is 0. The van der Waals surface area contributed by atoms with E-state index in [1.807, 2.05) is 6.08 Å². The number of benzene rings is 1. The molecular formula is C26H34F2. The smallest absolute Gasteiger partial charge is 0.142 e. The van der Waals surface area contributed by atoms with Crippen molar-refractivity contribution in [3.05, 3.63) is 47.5 Å². The van der Waals surface area contributed by atoms with Crippen molar-refractivity contribution in [1.82, 2.24) is 0 Å². The lowest BCUT2D eigenvalue weighted by atomic mass is 9.77. The summed E-state index contributed by atoms with van der Waals surface area (Å²) >= 11 is 0. The van der Waals surface area contributed by atoms with Gasteiger partial charge in [-0.3, -0.25) is 0 Å². The predicted molar refractivity (Wildman–Crippen MR) is 113 cm³/mol. The summed E-state index contributed by atoms with van der Waals surface area (Å²) in [6.07, 6.45) is 14.3.